The lowest BCUT2D eigenvalue weighted by Crippen LogP contribution is -2.24. The quantitative estimate of drug-likeness (QED) is 0.915. The fourth-order valence-corrected chi connectivity index (χ4v) is 2.65. The second-order valence-corrected chi connectivity index (χ2v) is 5.46. The fraction of sp³-hybridized carbons (Fsp3) is 0.353. The van der Waals surface area contributed by atoms with E-state index in [2.05, 4.69) is 20.2 Å². The maximum Gasteiger partial charge on any atom is 0.254 e. The van der Waals surface area contributed by atoms with Crippen molar-refractivity contribution in [2.24, 2.45) is 0 Å². The molecule has 2 heterocycles. The number of ether oxygens (including phenoxy) is 1. The molecule has 0 radical (unpaired) electrons. The summed E-state index contributed by atoms with van der Waals surface area (Å²) in [4.78, 5) is 22.9. The molecule has 2 aromatic rings. The highest BCUT2D eigenvalue weighted by atomic mass is 16.5. The number of hydrogen-bond acceptors (Lipinski definition) is 5. The minimum absolute atomic E-state index is 0.191. The van der Waals surface area contributed by atoms with Crippen LogP contribution in [0.3, 0.4) is 0 Å². The van der Waals surface area contributed by atoms with Crippen LogP contribution in [0.15, 0.2) is 36.7 Å². The molecule has 6 heteroatoms. The van der Waals surface area contributed by atoms with Gasteiger partial charge in [-0.2, -0.15) is 0 Å². The number of nitrogens with one attached hydrogen (secondary N) is 1. The Morgan fingerprint density at radius 2 is 1.91 bits per heavy atom. The van der Waals surface area contributed by atoms with E-state index in [-0.39, 0.29) is 5.91 Å². The molecule has 0 atom stereocenters. The summed E-state index contributed by atoms with van der Waals surface area (Å²) < 4.78 is 5.27. The van der Waals surface area contributed by atoms with Gasteiger partial charge in [0.05, 0.1) is 12.7 Å². The van der Waals surface area contributed by atoms with Crippen LogP contribution in [0.2, 0.25) is 0 Å². The minimum Gasteiger partial charge on any atom is -0.496 e. The zero-order valence-electron chi connectivity index (χ0n) is 13.2. The predicted octanol–water partition coefficient (Wildman–Crippen LogP) is 2.02. The van der Waals surface area contributed by atoms with Crippen LogP contribution < -0.4 is 15.0 Å². The van der Waals surface area contributed by atoms with Crippen molar-refractivity contribution >= 4 is 11.9 Å². The summed E-state index contributed by atoms with van der Waals surface area (Å²) in [6, 6.07) is 7.61. The average Bonchev–Trinajstić information content (AvgIpc) is 3.14. The molecule has 6 nitrogen and oxygen atoms in total. The van der Waals surface area contributed by atoms with Crippen LogP contribution in [-0.2, 0) is 6.54 Å². The van der Waals surface area contributed by atoms with Gasteiger partial charge in [-0.05, 0) is 18.9 Å². The van der Waals surface area contributed by atoms with Crippen molar-refractivity contribution in [1.82, 2.24) is 15.3 Å². The molecule has 1 aromatic carbocycles. The Labute approximate surface area is 135 Å². The van der Waals surface area contributed by atoms with Crippen LogP contribution in [0.4, 0.5) is 5.95 Å². The van der Waals surface area contributed by atoms with E-state index in [1.165, 1.54) is 12.8 Å². The maximum atomic E-state index is 12.2. The number of methoxy groups -OCH3 is 1. The van der Waals surface area contributed by atoms with E-state index < -0.39 is 0 Å². The summed E-state index contributed by atoms with van der Waals surface area (Å²) in [6.07, 6.45) is 5.51. The monoisotopic (exact) mass is 312 g/mol. The predicted molar refractivity (Wildman–Crippen MR) is 87.6 cm³/mol. The topological polar surface area (TPSA) is 67.3 Å². The Balaban J connectivity index is 1.61. The normalized spacial score (nSPS) is 13.9. The van der Waals surface area contributed by atoms with Crippen molar-refractivity contribution in [2.45, 2.75) is 19.4 Å². The molecule has 0 spiro atoms. The van der Waals surface area contributed by atoms with E-state index in [0.29, 0.717) is 18.1 Å². The lowest BCUT2D eigenvalue weighted by molar-refractivity contribution is 0.0950. The lowest BCUT2D eigenvalue weighted by Gasteiger charge is -2.14. The zero-order valence-corrected chi connectivity index (χ0v) is 13.2. The highest BCUT2D eigenvalue weighted by Gasteiger charge is 2.15. The van der Waals surface area contributed by atoms with E-state index >= 15 is 0 Å². The number of carbonyl (C=O) groups excluding carboxylic acids is 1. The van der Waals surface area contributed by atoms with Crippen molar-refractivity contribution in [2.75, 3.05) is 25.1 Å². The number of nitrogens with zero attached hydrogens (tertiary/aromatic N) is 3. The van der Waals surface area contributed by atoms with Gasteiger partial charge in [-0.15, -0.1) is 0 Å². The van der Waals surface area contributed by atoms with E-state index in [0.717, 1.165) is 24.4 Å². The molecule has 1 aliphatic rings. The first-order valence-electron chi connectivity index (χ1n) is 7.75. The van der Waals surface area contributed by atoms with Crippen molar-refractivity contribution in [1.29, 1.82) is 0 Å². The molecular formula is C17H20N4O2. The smallest absolute Gasteiger partial charge is 0.254 e. The van der Waals surface area contributed by atoms with Gasteiger partial charge in [0.1, 0.15) is 5.75 Å². The first-order chi connectivity index (χ1) is 11.3. The van der Waals surface area contributed by atoms with Crippen LogP contribution in [0.1, 0.15) is 28.8 Å². The highest BCUT2D eigenvalue weighted by molar-refractivity contribution is 5.93. The minimum atomic E-state index is -0.191. The molecule has 23 heavy (non-hydrogen) atoms. The summed E-state index contributed by atoms with van der Waals surface area (Å²) in [5.41, 5.74) is 1.39. The number of para-hydroxylation sites is 1. The van der Waals surface area contributed by atoms with Gasteiger partial charge < -0.3 is 15.0 Å². The van der Waals surface area contributed by atoms with Gasteiger partial charge in [-0.3, -0.25) is 4.79 Å². The van der Waals surface area contributed by atoms with Crippen LogP contribution in [0.5, 0.6) is 5.75 Å². The number of anilines is 1. The molecule has 0 saturated carbocycles. The molecule has 0 aliphatic carbocycles. The fourth-order valence-electron chi connectivity index (χ4n) is 2.65. The van der Waals surface area contributed by atoms with Crippen molar-refractivity contribution in [3.8, 4) is 5.75 Å². The largest absolute Gasteiger partial charge is 0.496 e. The van der Waals surface area contributed by atoms with E-state index in [4.69, 9.17) is 4.74 Å². The van der Waals surface area contributed by atoms with Crippen molar-refractivity contribution in [3.63, 3.8) is 0 Å². The Bertz CT molecular complexity index is 667. The van der Waals surface area contributed by atoms with Crippen molar-refractivity contribution in [3.05, 3.63) is 47.8 Å². The molecule has 1 aromatic heterocycles. The van der Waals surface area contributed by atoms with Gasteiger partial charge in [0, 0.05) is 37.6 Å². The van der Waals surface area contributed by atoms with E-state index in [9.17, 15) is 4.79 Å². The summed E-state index contributed by atoms with van der Waals surface area (Å²) in [5, 5.41) is 2.87. The van der Waals surface area contributed by atoms with Crippen molar-refractivity contribution < 1.29 is 9.53 Å². The Kier molecular flexibility index (Phi) is 4.71. The number of amides is 1. The molecular weight excluding hydrogens is 292 g/mol. The van der Waals surface area contributed by atoms with Crippen LogP contribution in [0, 0.1) is 0 Å². The Hall–Kier alpha value is -2.63. The third kappa shape index (κ3) is 3.59. The Morgan fingerprint density at radius 1 is 1.22 bits per heavy atom. The molecule has 1 fully saturated rings. The van der Waals surface area contributed by atoms with E-state index in [1.54, 1.807) is 19.5 Å². The maximum absolute atomic E-state index is 12.2. The molecule has 1 N–H and O–H groups in total. The Morgan fingerprint density at radius 3 is 2.61 bits per heavy atom. The lowest BCUT2D eigenvalue weighted by atomic mass is 10.2. The first kappa shape index (κ1) is 15.3. The zero-order chi connectivity index (χ0) is 16.1. The third-order valence-corrected chi connectivity index (χ3v) is 3.92. The summed E-state index contributed by atoms with van der Waals surface area (Å²) >= 11 is 0. The number of rotatable bonds is 5. The van der Waals surface area contributed by atoms with Gasteiger partial charge in [0.15, 0.2) is 0 Å². The first-order valence-corrected chi connectivity index (χ1v) is 7.75. The summed E-state index contributed by atoms with van der Waals surface area (Å²) in [6.45, 7) is 2.37. The third-order valence-electron chi connectivity index (χ3n) is 3.92. The average molecular weight is 312 g/mol. The molecule has 0 unspecified atom stereocenters. The second kappa shape index (κ2) is 7.09. The molecule has 1 amide bonds. The highest BCUT2D eigenvalue weighted by Crippen LogP contribution is 2.17. The number of carbonyl (C=O) groups is 1. The van der Waals surface area contributed by atoms with Crippen LogP contribution in [0.25, 0.3) is 0 Å². The molecule has 1 aliphatic heterocycles. The number of benzene rings is 1. The summed E-state index contributed by atoms with van der Waals surface area (Å²) in [7, 11) is 1.62. The van der Waals surface area contributed by atoms with Crippen LogP contribution >= 0.6 is 0 Å². The van der Waals surface area contributed by atoms with Gasteiger partial charge >= 0.3 is 0 Å². The molecule has 120 valence electrons. The van der Waals surface area contributed by atoms with E-state index in [1.807, 2.05) is 24.3 Å². The molecule has 0 bridgehead atoms. The number of aromatic nitrogens is 2. The van der Waals surface area contributed by atoms with Crippen LogP contribution in [-0.4, -0.2) is 36.1 Å². The second-order valence-electron chi connectivity index (χ2n) is 5.46. The molecule has 3 rings (SSSR count). The van der Waals surface area contributed by atoms with Gasteiger partial charge in [-0.25, -0.2) is 9.97 Å². The number of hydrogen-bond donors (Lipinski definition) is 1. The van der Waals surface area contributed by atoms with Gasteiger partial charge in [-0.1, -0.05) is 18.2 Å². The SMILES string of the molecule is COc1ccccc1CNC(=O)c1cnc(N2CCCC2)nc1. The van der Waals surface area contributed by atoms with Gasteiger partial charge in [0.25, 0.3) is 5.91 Å². The molecule has 1 saturated heterocycles. The summed E-state index contributed by atoms with van der Waals surface area (Å²) in [5.74, 6) is 1.26. The van der Waals surface area contributed by atoms with Gasteiger partial charge in [0.2, 0.25) is 5.95 Å². The standard InChI is InChI=1S/C17H20N4O2/c1-23-15-7-3-2-6-13(15)10-18-16(22)14-11-19-17(20-12-14)21-8-4-5-9-21/h2-3,6-7,11-12H,4-5,8-10H2,1H3,(H,18,22).